The van der Waals surface area contributed by atoms with Gasteiger partial charge in [-0.3, -0.25) is 19.3 Å². The number of fused-ring (bicyclic) bond motifs is 1. The predicted molar refractivity (Wildman–Crippen MR) is 110 cm³/mol. The van der Waals surface area contributed by atoms with E-state index in [1.165, 1.54) is 39.8 Å². The second-order valence-electron chi connectivity index (χ2n) is 6.54. The second-order valence-corrected chi connectivity index (χ2v) is 9.70. The Kier molecular flexibility index (Phi) is 7.33. The maximum atomic E-state index is 12.6. The Hall–Kier alpha value is -2.16. The molecule has 2 aliphatic heterocycles. The molecule has 1 saturated heterocycles. The summed E-state index contributed by atoms with van der Waals surface area (Å²) < 4.78 is 0.710. The summed E-state index contributed by atoms with van der Waals surface area (Å²) in [6.45, 7) is 0. The molecular weight excluding hydrogens is 454 g/mol. The Morgan fingerprint density at radius 3 is 2.80 bits per heavy atom. The first kappa shape index (κ1) is 22.5. The summed E-state index contributed by atoms with van der Waals surface area (Å²) in [6.07, 6.45) is 0.454. The van der Waals surface area contributed by atoms with E-state index in [0.717, 1.165) is 0 Å². The number of amides is 2. The number of carbonyl (C=O) groups is 4. The molecule has 0 spiro atoms. The van der Waals surface area contributed by atoms with Gasteiger partial charge in [0.1, 0.15) is 28.7 Å². The summed E-state index contributed by atoms with van der Waals surface area (Å²) >= 11 is 4.10. The lowest BCUT2D eigenvalue weighted by molar-refractivity contribution is -0.150. The van der Waals surface area contributed by atoms with Crippen molar-refractivity contribution >= 4 is 58.6 Å². The van der Waals surface area contributed by atoms with Crippen LogP contribution in [0.4, 0.5) is 0 Å². The van der Waals surface area contributed by atoms with Crippen LogP contribution in [0.3, 0.4) is 0 Å². The van der Waals surface area contributed by atoms with Gasteiger partial charge in [0.15, 0.2) is 4.34 Å². The van der Waals surface area contributed by atoms with Gasteiger partial charge in [0.25, 0.3) is 5.91 Å². The minimum absolute atomic E-state index is 0.0352. The molecular formula is C16H19N5O6S3. The van der Waals surface area contributed by atoms with Crippen molar-refractivity contribution in [3.63, 3.8) is 0 Å². The third kappa shape index (κ3) is 4.94. The number of hydrogen-bond donors (Lipinski definition) is 4. The molecule has 0 radical (unpaired) electrons. The van der Waals surface area contributed by atoms with Gasteiger partial charge in [-0.05, 0) is 18.4 Å². The predicted octanol–water partition coefficient (Wildman–Crippen LogP) is -0.0490. The van der Waals surface area contributed by atoms with E-state index >= 15 is 0 Å². The van der Waals surface area contributed by atoms with Gasteiger partial charge in [0.05, 0.1) is 0 Å². The minimum atomic E-state index is -1.19. The number of rotatable bonds is 10. The standard InChI is InChI=1S/C16H19N5O6S3/c17-8(14(24)25)2-1-3-9(22)19-10-12(23)21-11(15(26)27)7(4-28-13(10)21)5-29-16-20-18-6-30-16/h6,8,10,13H,1-5,17H2,(H,19,22)(H,24,25)(H,26,27). The highest BCUT2D eigenvalue weighted by Gasteiger charge is 2.54. The largest absolute Gasteiger partial charge is 0.480 e. The van der Waals surface area contributed by atoms with Gasteiger partial charge in [-0.1, -0.05) is 23.1 Å². The number of aliphatic carboxylic acids is 2. The van der Waals surface area contributed by atoms with E-state index in [1.807, 2.05) is 0 Å². The summed E-state index contributed by atoms with van der Waals surface area (Å²) in [6, 6.07) is -1.84. The zero-order valence-corrected chi connectivity index (χ0v) is 18.0. The van der Waals surface area contributed by atoms with Crippen LogP contribution in [-0.2, 0) is 19.2 Å². The Bertz CT molecular complexity index is 877. The summed E-state index contributed by atoms with van der Waals surface area (Å²) in [5.74, 6) is -2.40. The molecule has 0 saturated carbocycles. The van der Waals surface area contributed by atoms with E-state index in [1.54, 1.807) is 5.51 Å². The molecule has 1 aromatic heterocycles. The summed E-state index contributed by atoms with van der Waals surface area (Å²) in [5.41, 5.74) is 7.56. The van der Waals surface area contributed by atoms with Gasteiger partial charge in [-0.15, -0.1) is 22.0 Å². The van der Waals surface area contributed by atoms with Crippen LogP contribution < -0.4 is 11.1 Å². The fourth-order valence-electron chi connectivity index (χ4n) is 3.02. The first-order chi connectivity index (χ1) is 14.3. The third-order valence-corrected chi connectivity index (χ3v) is 7.80. The Morgan fingerprint density at radius 2 is 2.17 bits per heavy atom. The third-order valence-electron chi connectivity index (χ3n) is 4.51. The van der Waals surface area contributed by atoms with Crippen LogP contribution in [0.2, 0.25) is 0 Å². The number of carboxylic acid groups (broad SMARTS) is 2. The van der Waals surface area contributed by atoms with Crippen molar-refractivity contribution in [1.29, 1.82) is 0 Å². The van der Waals surface area contributed by atoms with Crippen molar-refractivity contribution in [3.05, 3.63) is 16.8 Å². The average molecular weight is 474 g/mol. The van der Waals surface area contributed by atoms with E-state index < -0.39 is 41.2 Å². The van der Waals surface area contributed by atoms with Crippen LogP contribution in [0.15, 0.2) is 21.1 Å². The van der Waals surface area contributed by atoms with Gasteiger partial charge in [-0.25, -0.2) is 4.79 Å². The fraction of sp³-hybridized carbons (Fsp3) is 0.500. The number of carbonyl (C=O) groups excluding carboxylic acids is 2. The summed E-state index contributed by atoms with van der Waals surface area (Å²) in [7, 11) is 0. The molecule has 11 nitrogen and oxygen atoms in total. The highest BCUT2D eigenvalue weighted by atomic mass is 32.2. The SMILES string of the molecule is NC(CCCC(=O)NC1C(=O)N2C(C(=O)O)=C(CSc3nncs3)CSC12)C(=O)O. The molecule has 3 heterocycles. The smallest absolute Gasteiger partial charge is 0.352 e. The lowest BCUT2D eigenvalue weighted by atomic mass is 10.0. The zero-order valence-electron chi connectivity index (χ0n) is 15.5. The zero-order chi connectivity index (χ0) is 21.8. The first-order valence-corrected chi connectivity index (χ1v) is 11.8. The molecule has 3 atom stereocenters. The molecule has 2 aliphatic rings. The molecule has 14 heteroatoms. The van der Waals surface area contributed by atoms with Crippen LogP contribution in [0.1, 0.15) is 19.3 Å². The molecule has 0 aromatic carbocycles. The Balaban J connectivity index is 1.58. The van der Waals surface area contributed by atoms with Gasteiger partial charge in [0.2, 0.25) is 5.91 Å². The molecule has 0 bridgehead atoms. The molecule has 3 rings (SSSR count). The van der Waals surface area contributed by atoms with Crippen LogP contribution in [0.25, 0.3) is 0 Å². The van der Waals surface area contributed by atoms with Crippen molar-refractivity contribution in [2.45, 2.75) is 41.1 Å². The molecule has 0 aliphatic carbocycles. The Morgan fingerprint density at radius 1 is 1.40 bits per heavy atom. The first-order valence-electron chi connectivity index (χ1n) is 8.86. The number of carboxylic acids is 2. The average Bonchev–Trinajstić information content (AvgIpc) is 3.22. The van der Waals surface area contributed by atoms with Gasteiger partial charge >= 0.3 is 11.9 Å². The van der Waals surface area contributed by atoms with E-state index in [-0.39, 0.29) is 25.0 Å². The molecule has 2 amide bonds. The summed E-state index contributed by atoms with van der Waals surface area (Å²) in [4.78, 5) is 48.4. The van der Waals surface area contributed by atoms with Gasteiger partial charge < -0.3 is 21.3 Å². The van der Waals surface area contributed by atoms with Crippen LogP contribution in [0, 0.1) is 0 Å². The molecule has 1 aromatic rings. The normalized spacial score (nSPS) is 21.6. The van der Waals surface area contributed by atoms with E-state index in [9.17, 15) is 24.3 Å². The van der Waals surface area contributed by atoms with Crippen molar-refractivity contribution in [1.82, 2.24) is 20.4 Å². The Labute approximate surface area is 183 Å². The summed E-state index contributed by atoms with van der Waals surface area (Å²) in [5, 5.41) is 28.2. The highest BCUT2D eigenvalue weighted by molar-refractivity contribution is 8.01. The van der Waals surface area contributed by atoms with Gasteiger partial charge in [-0.2, -0.15) is 0 Å². The van der Waals surface area contributed by atoms with Gasteiger partial charge in [0, 0.05) is 17.9 Å². The fourth-order valence-corrected chi connectivity index (χ4v) is 5.99. The molecule has 1 fully saturated rings. The van der Waals surface area contributed by atoms with E-state index in [4.69, 9.17) is 10.8 Å². The molecule has 162 valence electrons. The van der Waals surface area contributed by atoms with Crippen molar-refractivity contribution in [2.24, 2.45) is 5.73 Å². The van der Waals surface area contributed by atoms with E-state index in [0.29, 0.717) is 21.4 Å². The number of thioether (sulfide) groups is 2. The minimum Gasteiger partial charge on any atom is -0.480 e. The van der Waals surface area contributed by atoms with E-state index in [2.05, 4.69) is 15.5 Å². The van der Waals surface area contributed by atoms with Crippen LogP contribution >= 0.6 is 34.9 Å². The molecule has 3 unspecified atom stereocenters. The highest BCUT2D eigenvalue weighted by Crippen LogP contribution is 2.41. The topological polar surface area (TPSA) is 176 Å². The lowest BCUT2D eigenvalue weighted by Gasteiger charge is -2.49. The lowest BCUT2D eigenvalue weighted by Crippen LogP contribution is -2.70. The number of nitrogens with two attached hydrogens (primary N) is 1. The van der Waals surface area contributed by atoms with Crippen molar-refractivity contribution in [2.75, 3.05) is 11.5 Å². The maximum absolute atomic E-state index is 12.6. The number of aromatic nitrogens is 2. The van der Waals surface area contributed by atoms with Crippen LogP contribution in [-0.4, -0.2) is 78.0 Å². The monoisotopic (exact) mass is 473 g/mol. The number of β-lactam (4-membered cyclic amide) rings is 1. The van der Waals surface area contributed by atoms with Crippen molar-refractivity contribution in [3.8, 4) is 0 Å². The molecule has 30 heavy (non-hydrogen) atoms. The maximum Gasteiger partial charge on any atom is 0.352 e. The van der Waals surface area contributed by atoms with Crippen molar-refractivity contribution < 1.29 is 29.4 Å². The van der Waals surface area contributed by atoms with Crippen LogP contribution in [0.5, 0.6) is 0 Å². The molecule has 5 N–H and O–H groups in total. The quantitative estimate of drug-likeness (QED) is 0.265. The number of nitrogens with zero attached hydrogens (tertiary/aromatic N) is 3. The number of hydrogen-bond acceptors (Lipinski definition) is 10. The number of nitrogens with one attached hydrogen (secondary N) is 1. The second kappa shape index (κ2) is 9.76.